The van der Waals surface area contributed by atoms with Gasteiger partial charge in [-0.3, -0.25) is 9.32 Å². The van der Waals surface area contributed by atoms with Gasteiger partial charge in [0.1, 0.15) is 6.61 Å². The molecular weight excluding hydrogens is 445 g/mol. The van der Waals surface area contributed by atoms with Crippen molar-refractivity contribution in [1.82, 2.24) is 4.90 Å². The molecule has 0 unspecified atom stereocenters. The molecule has 0 radical (unpaired) electrons. The Kier molecular flexibility index (Phi) is 8.40. The van der Waals surface area contributed by atoms with Crippen molar-refractivity contribution in [3.8, 4) is 0 Å². The van der Waals surface area contributed by atoms with Crippen LogP contribution in [0.2, 0.25) is 0 Å². The zero-order chi connectivity index (χ0) is 23.9. The molecule has 0 aromatic heterocycles. The van der Waals surface area contributed by atoms with E-state index in [0.717, 1.165) is 18.4 Å². The maximum absolute atomic E-state index is 12.8. The molecular formula is C23H30N3O6P. The molecule has 1 atom stereocenters. The molecule has 10 heteroatoms. The number of phosphoric acid groups is 1. The monoisotopic (exact) mass is 475 g/mol. The zero-order valence-corrected chi connectivity index (χ0v) is 19.5. The van der Waals surface area contributed by atoms with Crippen LogP contribution in [0.1, 0.15) is 41.3 Å². The molecule has 33 heavy (non-hydrogen) atoms. The molecule has 2 aromatic rings. The minimum atomic E-state index is -4.61. The summed E-state index contributed by atoms with van der Waals surface area (Å²) in [5, 5.41) is 4.16. The number of aryl methyl sites for hydroxylation is 1. The number of hydrogen-bond acceptors (Lipinski definition) is 6. The average Bonchev–Trinajstić information content (AvgIpc) is 3.20. The first-order valence-corrected chi connectivity index (χ1v) is 12.3. The maximum Gasteiger partial charge on any atom is 0.469 e. The lowest BCUT2D eigenvalue weighted by Crippen LogP contribution is -2.47. The fourth-order valence-electron chi connectivity index (χ4n) is 3.62. The van der Waals surface area contributed by atoms with Gasteiger partial charge in [0.05, 0.1) is 17.9 Å². The van der Waals surface area contributed by atoms with Crippen molar-refractivity contribution in [2.45, 2.75) is 31.7 Å². The fraction of sp³-hybridized carbons (Fsp3) is 0.391. The van der Waals surface area contributed by atoms with E-state index in [1.807, 2.05) is 37.3 Å². The third kappa shape index (κ3) is 7.77. The summed E-state index contributed by atoms with van der Waals surface area (Å²) in [6.07, 6.45) is 2.19. The molecule has 0 saturated carbocycles. The number of benzene rings is 2. The second-order valence-electron chi connectivity index (χ2n) is 8.28. The van der Waals surface area contributed by atoms with Crippen molar-refractivity contribution in [1.29, 1.82) is 0 Å². The van der Waals surface area contributed by atoms with Crippen LogP contribution in [0.3, 0.4) is 0 Å². The predicted octanol–water partition coefficient (Wildman–Crippen LogP) is 2.71. The van der Waals surface area contributed by atoms with E-state index in [0.29, 0.717) is 30.8 Å². The summed E-state index contributed by atoms with van der Waals surface area (Å²) in [6.45, 7) is 2.59. The first-order valence-electron chi connectivity index (χ1n) is 10.7. The number of oxime groups is 1. The lowest BCUT2D eigenvalue weighted by atomic mass is 10.0. The Morgan fingerprint density at radius 2 is 1.82 bits per heavy atom. The topological polar surface area (TPSA) is 135 Å². The number of hydrogen-bond donors (Lipinski definition) is 3. The van der Waals surface area contributed by atoms with E-state index < -0.39 is 13.4 Å². The van der Waals surface area contributed by atoms with Gasteiger partial charge in [0.15, 0.2) is 0 Å². The number of carbonyl (C=O) groups excluding carboxylic acids is 1. The van der Waals surface area contributed by atoms with Crippen molar-refractivity contribution in [2.24, 2.45) is 10.9 Å². The van der Waals surface area contributed by atoms with Gasteiger partial charge < -0.3 is 25.3 Å². The summed E-state index contributed by atoms with van der Waals surface area (Å²) in [6, 6.07) is 17.3. The normalized spacial score (nSPS) is 19.0. The quantitative estimate of drug-likeness (QED) is 0.208. The van der Waals surface area contributed by atoms with Crippen LogP contribution in [0.25, 0.3) is 0 Å². The van der Waals surface area contributed by atoms with Crippen molar-refractivity contribution in [2.75, 3.05) is 26.3 Å². The lowest BCUT2D eigenvalue weighted by Gasteiger charge is -2.24. The van der Waals surface area contributed by atoms with Gasteiger partial charge in [0.2, 0.25) is 0 Å². The first kappa shape index (κ1) is 25.1. The molecule has 1 heterocycles. The SMILES string of the molecule is C/C(=N\OCCCc1ccccc1)c1ccc(C(=O)N2CC[C@@](N)(COP(=O)(O)O)C2)cc1. The highest BCUT2D eigenvalue weighted by Crippen LogP contribution is 2.37. The minimum Gasteiger partial charge on any atom is -0.396 e. The van der Waals surface area contributed by atoms with Crippen molar-refractivity contribution >= 4 is 19.4 Å². The molecule has 1 aliphatic heterocycles. The van der Waals surface area contributed by atoms with Crippen LogP contribution in [0.15, 0.2) is 59.8 Å². The molecule has 4 N–H and O–H groups in total. The van der Waals surface area contributed by atoms with E-state index in [2.05, 4.69) is 21.8 Å². The van der Waals surface area contributed by atoms with Crippen molar-refractivity contribution in [3.63, 3.8) is 0 Å². The number of phosphoric ester groups is 1. The zero-order valence-electron chi connectivity index (χ0n) is 18.6. The van der Waals surface area contributed by atoms with Crippen molar-refractivity contribution in [3.05, 3.63) is 71.3 Å². The molecule has 2 aromatic carbocycles. The van der Waals surface area contributed by atoms with Gasteiger partial charge in [-0.1, -0.05) is 47.6 Å². The highest BCUT2D eigenvalue weighted by atomic mass is 31.2. The maximum atomic E-state index is 12.8. The molecule has 9 nitrogen and oxygen atoms in total. The highest BCUT2D eigenvalue weighted by molar-refractivity contribution is 7.46. The number of likely N-dealkylation sites (tertiary alicyclic amines) is 1. The smallest absolute Gasteiger partial charge is 0.396 e. The summed E-state index contributed by atoms with van der Waals surface area (Å²) >= 11 is 0. The molecule has 0 spiro atoms. The third-order valence-electron chi connectivity index (χ3n) is 5.49. The summed E-state index contributed by atoms with van der Waals surface area (Å²) in [5.74, 6) is -0.197. The summed E-state index contributed by atoms with van der Waals surface area (Å²) in [7, 11) is -4.61. The van der Waals surface area contributed by atoms with Gasteiger partial charge >= 0.3 is 7.82 Å². The molecule has 0 aliphatic carbocycles. The summed E-state index contributed by atoms with van der Waals surface area (Å²) in [4.78, 5) is 37.6. The van der Waals surface area contributed by atoms with Gasteiger partial charge in [-0.05, 0) is 49.4 Å². The van der Waals surface area contributed by atoms with E-state index in [9.17, 15) is 9.36 Å². The van der Waals surface area contributed by atoms with E-state index in [1.54, 1.807) is 17.0 Å². The van der Waals surface area contributed by atoms with Gasteiger partial charge in [0.25, 0.3) is 5.91 Å². The van der Waals surface area contributed by atoms with E-state index in [1.165, 1.54) is 5.56 Å². The third-order valence-corrected chi connectivity index (χ3v) is 5.95. The Morgan fingerprint density at radius 1 is 1.15 bits per heavy atom. The van der Waals surface area contributed by atoms with Crippen LogP contribution < -0.4 is 5.73 Å². The summed E-state index contributed by atoms with van der Waals surface area (Å²) < 4.78 is 15.5. The number of rotatable bonds is 10. The molecule has 1 aliphatic rings. The van der Waals surface area contributed by atoms with Gasteiger partial charge in [0, 0.05) is 18.7 Å². The van der Waals surface area contributed by atoms with Crippen LogP contribution in [-0.2, 0) is 20.3 Å². The largest absolute Gasteiger partial charge is 0.469 e. The predicted molar refractivity (Wildman–Crippen MR) is 125 cm³/mol. The second-order valence-corrected chi connectivity index (χ2v) is 9.52. The van der Waals surface area contributed by atoms with Gasteiger partial charge in [-0.2, -0.15) is 0 Å². The van der Waals surface area contributed by atoms with Crippen LogP contribution in [0, 0.1) is 0 Å². The Hall–Kier alpha value is -2.55. The molecule has 1 amide bonds. The number of amides is 1. The Morgan fingerprint density at radius 3 is 2.48 bits per heavy atom. The standard InChI is InChI=1S/C23H30N3O6P/c1-18(25-31-15-5-8-19-6-3-2-4-7-19)20-9-11-21(12-10-20)22(27)26-14-13-23(24,16-26)17-32-33(28,29)30/h2-4,6-7,9-12H,5,8,13-17,24H2,1H3,(H2,28,29,30)/b25-18+/t23-/m0/s1. The second kappa shape index (κ2) is 11.0. The Bertz CT molecular complexity index is 1010. The first-order chi connectivity index (χ1) is 15.7. The highest BCUT2D eigenvalue weighted by Gasteiger charge is 2.38. The molecule has 1 fully saturated rings. The molecule has 3 rings (SSSR count). The minimum absolute atomic E-state index is 0.158. The molecule has 1 saturated heterocycles. The van der Waals surface area contributed by atoms with Crippen LogP contribution >= 0.6 is 7.82 Å². The fourth-order valence-corrected chi connectivity index (χ4v) is 4.04. The molecule has 0 bridgehead atoms. The van der Waals surface area contributed by atoms with Crippen molar-refractivity contribution < 1.29 is 28.5 Å². The Labute approximate surface area is 193 Å². The Balaban J connectivity index is 1.48. The average molecular weight is 475 g/mol. The number of nitrogens with two attached hydrogens (primary N) is 1. The van der Waals surface area contributed by atoms with Crippen LogP contribution in [0.5, 0.6) is 0 Å². The van der Waals surface area contributed by atoms with Gasteiger partial charge in [-0.15, -0.1) is 0 Å². The van der Waals surface area contributed by atoms with E-state index >= 15 is 0 Å². The lowest BCUT2D eigenvalue weighted by molar-refractivity contribution is 0.0774. The van der Waals surface area contributed by atoms with E-state index in [-0.39, 0.29) is 19.1 Å². The van der Waals surface area contributed by atoms with Gasteiger partial charge in [-0.25, -0.2) is 4.57 Å². The van der Waals surface area contributed by atoms with E-state index in [4.69, 9.17) is 20.4 Å². The van der Waals surface area contributed by atoms with Crippen LogP contribution in [0.4, 0.5) is 0 Å². The summed E-state index contributed by atoms with van der Waals surface area (Å²) in [5.41, 5.74) is 8.48. The number of nitrogens with zero attached hydrogens (tertiary/aromatic N) is 2. The molecule has 178 valence electrons. The van der Waals surface area contributed by atoms with Crippen LogP contribution in [-0.4, -0.2) is 58.1 Å². The number of carbonyl (C=O) groups is 1.